The van der Waals surface area contributed by atoms with Gasteiger partial charge in [-0.1, -0.05) is 109 Å². The van der Waals surface area contributed by atoms with Crippen LogP contribution < -0.4 is 0 Å². The Hall–Kier alpha value is -0.950. The Bertz CT molecular complexity index is 621. The fraction of sp³-hybridized carbons (Fsp3) is 0.688. The van der Waals surface area contributed by atoms with E-state index in [1.54, 1.807) is 0 Å². The molecule has 0 fully saturated rings. The van der Waals surface area contributed by atoms with Gasteiger partial charge in [0.15, 0.2) is 0 Å². The van der Waals surface area contributed by atoms with Gasteiger partial charge in [0.1, 0.15) is 0 Å². The zero-order valence-electron chi connectivity index (χ0n) is 23.5. The maximum Gasteiger partial charge on any atom is -0.00675 e. The molecule has 0 aromatic heterocycles. The first-order chi connectivity index (χ1) is 15.8. The van der Waals surface area contributed by atoms with E-state index in [9.17, 15) is 0 Å². The highest BCUT2D eigenvalue weighted by Crippen LogP contribution is 2.32. The average molecular weight is 473 g/mol. The Morgan fingerprint density at radius 2 is 1.30 bits per heavy atom. The largest absolute Gasteiger partial charge is 0.162 e. The zero-order chi connectivity index (χ0) is 25.0. The Morgan fingerprint density at radius 3 is 1.82 bits per heavy atom. The fourth-order valence-electron chi connectivity index (χ4n) is 4.12. The summed E-state index contributed by atoms with van der Waals surface area (Å²) < 4.78 is 0. The van der Waals surface area contributed by atoms with Crippen LogP contribution in [0.1, 0.15) is 119 Å². The number of aryl methyl sites for hydroxylation is 1. The van der Waals surface area contributed by atoms with Crippen molar-refractivity contribution in [2.24, 2.45) is 10.8 Å². The van der Waals surface area contributed by atoms with Crippen molar-refractivity contribution in [1.29, 1.82) is 0 Å². The van der Waals surface area contributed by atoms with Gasteiger partial charge >= 0.3 is 0 Å². The molecular formula is C32H56S. The Labute approximate surface area is 213 Å². The van der Waals surface area contributed by atoms with Gasteiger partial charge in [-0.25, -0.2) is 0 Å². The van der Waals surface area contributed by atoms with Crippen LogP contribution in [0.3, 0.4) is 0 Å². The molecule has 0 saturated carbocycles. The first kappa shape index (κ1) is 32.0. The van der Waals surface area contributed by atoms with E-state index in [1.165, 1.54) is 86.9 Å². The molecule has 0 saturated heterocycles. The lowest BCUT2D eigenvalue weighted by atomic mass is 9.81. The van der Waals surface area contributed by atoms with Crippen molar-refractivity contribution in [3.63, 3.8) is 0 Å². The van der Waals surface area contributed by atoms with E-state index in [0.717, 1.165) is 0 Å². The van der Waals surface area contributed by atoms with E-state index in [4.69, 9.17) is 0 Å². The molecule has 0 atom stereocenters. The van der Waals surface area contributed by atoms with Gasteiger partial charge in [-0.3, -0.25) is 0 Å². The summed E-state index contributed by atoms with van der Waals surface area (Å²) in [6.07, 6.45) is 19.9. The molecule has 1 aromatic rings. The van der Waals surface area contributed by atoms with Crippen LogP contribution in [0.15, 0.2) is 54.1 Å². The lowest BCUT2D eigenvalue weighted by Crippen LogP contribution is -2.12. The Balaban J connectivity index is 0.00000497. The molecular weight excluding hydrogens is 416 g/mol. The lowest BCUT2D eigenvalue weighted by molar-refractivity contribution is 0.298. The van der Waals surface area contributed by atoms with Gasteiger partial charge in [0.25, 0.3) is 0 Å². The predicted octanol–water partition coefficient (Wildman–Crippen LogP) is 11.1. The summed E-state index contributed by atoms with van der Waals surface area (Å²) in [6.45, 7) is 18.1. The highest BCUT2D eigenvalue weighted by Gasteiger charge is 2.18. The summed E-state index contributed by atoms with van der Waals surface area (Å²) in [5.41, 5.74) is 3.89. The van der Waals surface area contributed by atoms with Crippen LogP contribution in [0.4, 0.5) is 0 Å². The van der Waals surface area contributed by atoms with Crippen molar-refractivity contribution >= 4 is 11.8 Å². The number of allylic oxidation sites excluding steroid dienone is 4. The third kappa shape index (κ3) is 18.1. The average Bonchev–Trinajstić information content (AvgIpc) is 2.81. The Morgan fingerprint density at radius 1 is 0.758 bits per heavy atom. The van der Waals surface area contributed by atoms with Gasteiger partial charge in [-0.05, 0) is 93.1 Å². The smallest absolute Gasteiger partial charge is 0.00675 e. The molecule has 1 heteroatoms. The van der Waals surface area contributed by atoms with E-state index in [0.29, 0.717) is 10.8 Å². The maximum absolute atomic E-state index is 2.45. The molecule has 1 rings (SSSR count). The molecule has 33 heavy (non-hydrogen) atoms. The van der Waals surface area contributed by atoms with Crippen LogP contribution >= 0.6 is 11.8 Å². The molecule has 190 valence electrons. The van der Waals surface area contributed by atoms with Crippen LogP contribution in [0, 0.1) is 10.8 Å². The second kappa shape index (κ2) is 19.4. The van der Waals surface area contributed by atoms with Gasteiger partial charge in [-0.2, -0.15) is 11.8 Å². The second-order valence-electron chi connectivity index (χ2n) is 10.7. The predicted molar refractivity (Wildman–Crippen MR) is 157 cm³/mol. The number of unbranched alkanes of at least 4 members (excludes halogenated alkanes) is 2. The summed E-state index contributed by atoms with van der Waals surface area (Å²) in [6, 6.07) is 10.9. The summed E-state index contributed by atoms with van der Waals surface area (Å²) in [5.74, 6) is 2.68. The number of benzene rings is 1. The molecule has 1 aromatic carbocycles. The summed E-state index contributed by atoms with van der Waals surface area (Å²) in [7, 11) is 0. The van der Waals surface area contributed by atoms with Crippen molar-refractivity contribution in [3.8, 4) is 0 Å². The molecule has 0 bridgehead atoms. The number of hydrogen-bond acceptors (Lipinski definition) is 1. The zero-order valence-corrected chi connectivity index (χ0v) is 24.3. The van der Waals surface area contributed by atoms with Crippen molar-refractivity contribution in [2.45, 2.75) is 120 Å². The highest BCUT2D eigenvalue weighted by molar-refractivity contribution is 7.99. The van der Waals surface area contributed by atoms with Crippen molar-refractivity contribution < 1.29 is 0 Å². The molecule has 0 amide bonds. The molecule has 0 nitrogen and oxygen atoms in total. The van der Waals surface area contributed by atoms with Gasteiger partial charge in [0.05, 0.1) is 0 Å². The van der Waals surface area contributed by atoms with E-state index in [-0.39, 0.29) is 0 Å². The maximum atomic E-state index is 2.45. The van der Waals surface area contributed by atoms with Crippen LogP contribution in [-0.2, 0) is 6.42 Å². The Kier molecular flexibility index (Phi) is 18.8. The topological polar surface area (TPSA) is 0 Å². The minimum atomic E-state index is 0.464. The molecule has 0 aliphatic carbocycles. The monoisotopic (exact) mass is 472 g/mol. The standard InChI is InChI=1S/C30H50S.C2H6/c1-7-16-27(8-2)19-23-29(3,4)21-12-14-25-31-26-15-13-22-30(5,6)24-20-28-17-10-9-11-18-28;1-2/h7-11,16-18H,12-15,19-26H2,1-6H3;1-2H3/b16-7-,27-8+;. The van der Waals surface area contributed by atoms with E-state index in [1.807, 2.05) is 13.8 Å². The van der Waals surface area contributed by atoms with Gasteiger partial charge in [-0.15, -0.1) is 0 Å². The minimum Gasteiger partial charge on any atom is -0.162 e. The first-order valence-electron chi connectivity index (χ1n) is 13.7. The van der Waals surface area contributed by atoms with Gasteiger partial charge < -0.3 is 0 Å². The van der Waals surface area contributed by atoms with Crippen molar-refractivity contribution in [1.82, 2.24) is 0 Å². The first-order valence-corrected chi connectivity index (χ1v) is 14.8. The third-order valence-electron chi connectivity index (χ3n) is 6.56. The fourth-order valence-corrected chi connectivity index (χ4v) is 5.14. The summed E-state index contributed by atoms with van der Waals surface area (Å²) >= 11 is 2.17. The molecule has 0 N–H and O–H groups in total. The molecule has 0 heterocycles. The molecule has 0 unspecified atom stereocenters. The highest BCUT2D eigenvalue weighted by atomic mass is 32.2. The quantitative estimate of drug-likeness (QED) is 0.160. The van der Waals surface area contributed by atoms with Crippen LogP contribution in [0.25, 0.3) is 0 Å². The lowest BCUT2D eigenvalue weighted by Gasteiger charge is -2.25. The summed E-state index contributed by atoms with van der Waals surface area (Å²) in [5, 5.41) is 0. The molecule has 0 aliphatic heterocycles. The van der Waals surface area contributed by atoms with Gasteiger partial charge in [0.2, 0.25) is 0 Å². The van der Waals surface area contributed by atoms with Gasteiger partial charge in [0, 0.05) is 0 Å². The SMILES string of the molecule is C/C=C\C(=C/C)CCC(C)(C)CCCCSCCCCC(C)(C)CCc1ccccc1.CC. The number of rotatable bonds is 17. The van der Waals surface area contributed by atoms with Crippen molar-refractivity contribution in [3.05, 3.63) is 59.7 Å². The van der Waals surface area contributed by atoms with E-state index >= 15 is 0 Å². The molecule has 0 spiro atoms. The minimum absolute atomic E-state index is 0.464. The third-order valence-corrected chi connectivity index (χ3v) is 7.71. The summed E-state index contributed by atoms with van der Waals surface area (Å²) in [4.78, 5) is 0. The number of thioether (sulfide) groups is 1. The second-order valence-corrected chi connectivity index (χ2v) is 11.9. The number of hydrogen-bond donors (Lipinski definition) is 0. The van der Waals surface area contributed by atoms with E-state index < -0.39 is 0 Å². The van der Waals surface area contributed by atoms with Crippen LogP contribution in [0.2, 0.25) is 0 Å². The molecule has 0 aliphatic rings. The van der Waals surface area contributed by atoms with Crippen molar-refractivity contribution in [2.75, 3.05) is 11.5 Å². The molecule has 0 radical (unpaired) electrons. The van der Waals surface area contributed by atoms with Crippen LogP contribution in [0.5, 0.6) is 0 Å². The van der Waals surface area contributed by atoms with Crippen LogP contribution in [-0.4, -0.2) is 11.5 Å². The van der Waals surface area contributed by atoms with E-state index in [2.05, 4.69) is 102 Å². The normalized spacial score (nSPS) is 12.7.